The topological polar surface area (TPSA) is 35.2 Å². The maximum absolute atomic E-state index is 4.53. The molecule has 0 amide bonds. The fourth-order valence-electron chi connectivity index (χ4n) is 0.542. The molecule has 1 heterocycles. The molecule has 4 heteroatoms. The Kier molecular flexibility index (Phi) is 7.80. The van der Waals surface area contributed by atoms with Crippen molar-refractivity contribution in [1.29, 1.82) is 0 Å². The van der Waals surface area contributed by atoms with Crippen molar-refractivity contribution < 1.29 is 4.84 Å². The van der Waals surface area contributed by atoms with Gasteiger partial charge in [-0.3, -0.25) is 0 Å². The molecule has 0 spiro atoms. The maximum Gasteiger partial charge on any atom is 0.0701 e. The summed E-state index contributed by atoms with van der Waals surface area (Å²) in [5.74, 6) is 4.53. The van der Waals surface area contributed by atoms with Gasteiger partial charge in [-0.05, 0) is 41.4 Å². The third-order valence-electron chi connectivity index (χ3n) is 1.14. The lowest BCUT2D eigenvalue weighted by atomic mass is 10.4. The molecule has 0 unspecified atom stereocenters. The molecule has 70 valence electrons. The van der Waals surface area contributed by atoms with Crippen LogP contribution in [0.25, 0.3) is 0 Å². The summed E-state index contributed by atoms with van der Waals surface area (Å²) in [7, 11) is 0. The van der Waals surface area contributed by atoms with E-state index in [1.807, 2.05) is 6.92 Å². The van der Waals surface area contributed by atoms with Crippen LogP contribution in [0.15, 0.2) is 15.9 Å². The third kappa shape index (κ3) is 5.71. The van der Waals surface area contributed by atoms with Crippen LogP contribution in [-0.4, -0.2) is 6.61 Å². The van der Waals surface area contributed by atoms with Crippen LogP contribution in [0.1, 0.15) is 18.7 Å². The second-order valence-corrected chi connectivity index (χ2v) is 4.56. The van der Waals surface area contributed by atoms with Crippen molar-refractivity contribution >= 4 is 27.3 Å². The monoisotopic (exact) mass is 251 g/mol. The molecule has 0 aromatic carbocycles. The van der Waals surface area contributed by atoms with Gasteiger partial charge >= 0.3 is 0 Å². The highest BCUT2D eigenvalue weighted by Crippen LogP contribution is 2.21. The molecule has 1 aromatic heterocycles. The van der Waals surface area contributed by atoms with Gasteiger partial charge in [0.15, 0.2) is 0 Å². The fourth-order valence-corrected chi connectivity index (χ4v) is 1.96. The molecule has 0 atom stereocenters. The Bertz CT molecular complexity index is 201. The molecule has 0 radical (unpaired) electrons. The zero-order valence-electron chi connectivity index (χ0n) is 7.34. The molecule has 0 aliphatic carbocycles. The average molecular weight is 252 g/mol. The number of halogens is 1. The molecular formula is C8H14BrNOS. The average Bonchev–Trinajstić information content (AvgIpc) is 2.52. The number of aryl methyl sites for hydroxylation is 1. The Labute approximate surface area is 85.8 Å². The molecule has 0 bridgehead atoms. The molecule has 2 N–H and O–H groups in total. The summed E-state index contributed by atoms with van der Waals surface area (Å²) in [5.41, 5.74) is 0. The summed E-state index contributed by atoms with van der Waals surface area (Å²) in [5, 5.41) is 0. The number of rotatable bonds is 2. The van der Waals surface area contributed by atoms with Crippen molar-refractivity contribution in [2.75, 3.05) is 6.61 Å². The van der Waals surface area contributed by atoms with Gasteiger partial charge in [0, 0.05) is 4.88 Å². The van der Waals surface area contributed by atoms with Gasteiger partial charge in [-0.15, -0.1) is 11.3 Å². The largest absolute Gasteiger partial charge is 0.305 e. The van der Waals surface area contributed by atoms with Gasteiger partial charge in [0.25, 0.3) is 0 Å². The molecule has 0 aliphatic heterocycles. The van der Waals surface area contributed by atoms with E-state index in [1.54, 1.807) is 11.3 Å². The highest BCUT2D eigenvalue weighted by Gasteiger charge is 1.91. The summed E-state index contributed by atoms with van der Waals surface area (Å²) in [6, 6.07) is 4.23. The highest BCUT2D eigenvalue weighted by molar-refractivity contribution is 9.11. The van der Waals surface area contributed by atoms with Gasteiger partial charge in [-0.1, -0.05) is 6.92 Å². The second-order valence-electron chi connectivity index (χ2n) is 2.01. The van der Waals surface area contributed by atoms with E-state index in [2.05, 4.69) is 45.7 Å². The van der Waals surface area contributed by atoms with Crippen molar-refractivity contribution in [3.8, 4) is 0 Å². The van der Waals surface area contributed by atoms with Crippen LogP contribution in [0.3, 0.4) is 0 Å². The summed E-state index contributed by atoms with van der Waals surface area (Å²) in [6.07, 6.45) is 1.15. The first-order valence-corrected chi connectivity index (χ1v) is 5.41. The Balaban J connectivity index is 0.000000261. The second kappa shape index (κ2) is 7.73. The standard InChI is InChI=1S/C6H7BrS.C2H7NO/c1-2-5-3-4-6(7)8-5;1-2-4-3/h3-4H,2H2,1H3;2-3H2,1H3. The van der Waals surface area contributed by atoms with Crippen LogP contribution >= 0.6 is 27.3 Å². The van der Waals surface area contributed by atoms with Crippen LogP contribution in [0, 0.1) is 0 Å². The molecule has 0 fully saturated rings. The van der Waals surface area contributed by atoms with E-state index in [9.17, 15) is 0 Å². The lowest BCUT2D eigenvalue weighted by molar-refractivity contribution is 0.152. The van der Waals surface area contributed by atoms with Gasteiger partial charge in [-0.2, -0.15) is 0 Å². The summed E-state index contributed by atoms with van der Waals surface area (Å²) >= 11 is 5.20. The molecule has 0 saturated heterocycles. The van der Waals surface area contributed by atoms with Crippen LogP contribution < -0.4 is 5.90 Å². The van der Waals surface area contributed by atoms with E-state index >= 15 is 0 Å². The lowest BCUT2D eigenvalue weighted by Crippen LogP contribution is -1.94. The Morgan fingerprint density at radius 2 is 2.08 bits per heavy atom. The lowest BCUT2D eigenvalue weighted by Gasteiger charge is -1.79. The van der Waals surface area contributed by atoms with E-state index in [0.717, 1.165) is 6.42 Å². The predicted molar refractivity (Wildman–Crippen MR) is 57.2 cm³/mol. The third-order valence-corrected chi connectivity index (χ3v) is 2.91. The van der Waals surface area contributed by atoms with Gasteiger partial charge < -0.3 is 4.84 Å². The highest BCUT2D eigenvalue weighted by atomic mass is 79.9. The quantitative estimate of drug-likeness (QED) is 0.821. The number of thiophene rings is 1. The van der Waals surface area contributed by atoms with Crippen molar-refractivity contribution in [2.24, 2.45) is 5.90 Å². The van der Waals surface area contributed by atoms with E-state index in [4.69, 9.17) is 0 Å². The van der Waals surface area contributed by atoms with Crippen LogP contribution in [-0.2, 0) is 11.3 Å². The first-order chi connectivity index (χ1) is 5.74. The van der Waals surface area contributed by atoms with Crippen LogP contribution in [0.4, 0.5) is 0 Å². The molecule has 1 rings (SSSR count). The first-order valence-electron chi connectivity index (χ1n) is 3.80. The van der Waals surface area contributed by atoms with E-state index in [-0.39, 0.29) is 0 Å². The molecule has 12 heavy (non-hydrogen) atoms. The van der Waals surface area contributed by atoms with Crippen molar-refractivity contribution in [3.63, 3.8) is 0 Å². The van der Waals surface area contributed by atoms with Gasteiger partial charge in [0.05, 0.1) is 10.4 Å². The van der Waals surface area contributed by atoms with Crippen LogP contribution in [0.5, 0.6) is 0 Å². The minimum Gasteiger partial charge on any atom is -0.305 e. The summed E-state index contributed by atoms with van der Waals surface area (Å²) in [4.78, 5) is 5.48. The van der Waals surface area contributed by atoms with Gasteiger partial charge in [0.2, 0.25) is 0 Å². The van der Waals surface area contributed by atoms with Crippen molar-refractivity contribution in [3.05, 3.63) is 20.8 Å². The van der Waals surface area contributed by atoms with Crippen molar-refractivity contribution in [2.45, 2.75) is 20.3 Å². The fraction of sp³-hybridized carbons (Fsp3) is 0.500. The van der Waals surface area contributed by atoms with Gasteiger partial charge in [-0.25, -0.2) is 5.90 Å². The Morgan fingerprint density at radius 1 is 1.50 bits per heavy atom. The smallest absolute Gasteiger partial charge is 0.0701 e. The number of hydrogen-bond donors (Lipinski definition) is 1. The molecule has 1 aromatic rings. The normalized spacial score (nSPS) is 9.00. The first kappa shape index (κ1) is 12.1. The van der Waals surface area contributed by atoms with E-state index < -0.39 is 0 Å². The van der Waals surface area contributed by atoms with E-state index in [0.29, 0.717) is 6.61 Å². The zero-order chi connectivity index (χ0) is 9.40. The molecule has 0 aliphatic rings. The van der Waals surface area contributed by atoms with Crippen molar-refractivity contribution in [1.82, 2.24) is 0 Å². The van der Waals surface area contributed by atoms with E-state index in [1.165, 1.54) is 8.66 Å². The van der Waals surface area contributed by atoms with Gasteiger partial charge in [0.1, 0.15) is 0 Å². The molecular weight excluding hydrogens is 238 g/mol. The zero-order valence-corrected chi connectivity index (χ0v) is 9.74. The Morgan fingerprint density at radius 3 is 2.25 bits per heavy atom. The molecule has 2 nitrogen and oxygen atoms in total. The summed E-state index contributed by atoms with van der Waals surface area (Å²) < 4.78 is 1.23. The minimum absolute atomic E-state index is 0.597. The number of nitrogens with two attached hydrogens (primary N) is 1. The number of hydrogen-bond acceptors (Lipinski definition) is 3. The Hall–Kier alpha value is 0.1000. The molecule has 0 saturated carbocycles. The minimum atomic E-state index is 0.597. The SMILES string of the molecule is CCON.CCc1ccc(Br)s1. The van der Waals surface area contributed by atoms with Crippen LogP contribution in [0.2, 0.25) is 0 Å². The summed E-state index contributed by atoms with van der Waals surface area (Å²) in [6.45, 7) is 4.60. The maximum atomic E-state index is 4.53. The predicted octanol–water partition coefficient (Wildman–Crippen LogP) is 2.97.